The van der Waals surface area contributed by atoms with Crippen molar-refractivity contribution in [1.82, 2.24) is 10.2 Å². The third kappa shape index (κ3) is 1.85. The number of hydrogen-bond acceptors (Lipinski definition) is 3. The third-order valence-electron chi connectivity index (χ3n) is 2.38. The van der Waals surface area contributed by atoms with Crippen LogP contribution in [0.25, 0.3) is 0 Å². The third-order valence-corrected chi connectivity index (χ3v) is 2.38. The van der Waals surface area contributed by atoms with E-state index in [4.69, 9.17) is 0 Å². The van der Waals surface area contributed by atoms with Crippen molar-refractivity contribution in [2.45, 2.75) is 32.7 Å². The highest BCUT2D eigenvalue weighted by molar-refractivity contribution is 6.01. The van der Waals surface area contributed by atoms with E-state index in [0.717, 1.165) is 24.2 Å². The fraction of sp³-hybridized carbons (Fsp3) is 0.700. The van der Waals surface area contributed by atoms with Gasteiger partial charge in [-0.1, -0.05) is 13.3 Å². The monoisotopic (exact) mass is 182 g/mol. The van der Waals surface area contributed by atoms with E-state index in [9.17, 15) is 4.79 Å². The molecule has 3 heteroatoms. The first kappa shape index (κ1) is 10.1. The molecule has 1 atom stereocenters. The van der Waals surface area contributed by atoms with E-state index >= 15 is 0 Å². The van der Waals surface area contributed by atoms with Crippen LogP contribution in [0.3, 0.4) is 0 Å². The summed E-state index contributed by atoms with van der Waals surface area (Å²) in [7, 11) is 3.90. The minimum Gasteiger partial charge on any atom is -0.364 e. The molecule has 3 nitrogen and oxygen atoms in total. The first-order valence-corrected chi connectivity index (χ1v) is 4.76. The molecule has 1 N–H and O–H groups in total. The van der Waals surface area contributed by atoms with E-state index in [2.05, 4.69) is 12.2 Å². The van der Waals surface area contributed by atoms with E-state index in [1.165, 1.54) is 0 Å². The molecule has 74 valence electrons. The Balaban J connectivity index is 2.74. The summed E-state index contributed by atoms with van der Waals surface area (Å²) in [5, 5.41) is 3.25. The summed E-state index contributed by atoms with van der Waals surface area (Å²) in [6, 6.07) is 0.0161. The standard InChI is InChI=1S/C10H18N2O/c1-5-6-8-9(13)7(2)10(11-8)12(3)4/h8,11H,5-6H2,1-4H3. The van der Waals surface area contributed by atoms with Crippen molar-refractivity contribution in [1.29, 1.82) is 0 Å². The second-order valence-corrected chi connectivity index (χ2v) is 3.72. The van der Waals surface area contributed by atoms with Crippen molar-refractivity contribution in [3.8, 4) is 0 Å². The Labute approximate surface area is 79.8 Å². The lowest BCUT2D eigenvalue weighted by atomic mass is 10.1. The Bertz CT molecular complexity index is 243. The molecule has 0 aromatic rings. The van der Waals surface area contributed by atoms with E-state index in [1.807, 2.05) is 25.9 Å². The molecule has 13 heavy (non-hydrogen) atoms. The van der Waals surface area contributed by atoms with Crippen molar-refractivity contribution in [2.75, 3.05) is 14.1 Å². The average molecular weight is 182 g/mol. The van der Waals surface area contributed by atoms with Gasteiger partial charge in [0.2, 0.25) is 0 Å². The van der Waals surface area contributed by atoms with Gasteiger partial charge in [-0.3, -0.25) is 4.79 Å². The number of carbonyl (C=O) groups is 1. The second kappa shape index (κ2) is 3.81. The Morgan fingerprint density at radius 3 is 2.46 bits per heavy atom. The SMILES string of the molecule is CCCC1NC(N(C)C)=C(C)C1=O. The first-order valence-electron chi connectivity index (χ1n) is 4.76. The maximum absolute atomic E-state index is 11.7. The number of ketones is 1. The maximum Gasteiger partial charge on any atom is 0.184 e. The maximum atomic E-state index is 11.7. The topological polar surface area (TPSA) is 32.3 Å². The molecule has 0 saturated heterocycles. The number of nitrogens with zero attached hydrogens (tertiary/aromatic N) is 1. The van der Waals surface area contributed by atoms with Gasteiger partial charge in [0.15, 0.2) is 5.78 Å². The van der Waals surface area contributed by atoms with Gasteiger partial charge in [-0.15, -0.1) is 0 Å². The minimum atomic E-state index is 0.0161. The Hall–Kier alpha value is -0.990. The largest absolute Gasteiger partial charge is 0.364 e. The van der Waals surface area contributed by atoms with Gasteiger partial charge in [0.05, 0.1) is 6.04 Å². The van der Waals surface area contributed by atoms with E-state index in [-0.39, 0.29) is 11.8 Å². The van der Waals surface area contributed by atoms with Gasteiger partial charge in [0.25, 0.3) is 0 Å². The summed E-state index contributed by atoms with van der Waals surface area (Å²) in [5.74, 6) is 1.23. The first-order chi connectivity index (χ1) is 6.07. The molecule has 1 unspecified atom stereocenters. The van der Waals surface area contributed by atoms with Crippen LogP contribution in [0.15, 0.2) is 11.4 Å². The molecule has 0 aromatic heterocycles. The Kier molecular flexibility index (Phi) is 2.96. The molecule has 1 rings (SSSR count). The predicted octanol–water partition coefficient (Wildman–Crippen LogP) is 1.12. The molecule has 0 amide bonds. The molecule has 0 radical (unpaired) electrons. The molecule has 0 aromatic carbocycles. The van der Waals surface area contributed by atoms with Crippen molar-refractivity contribution < 1.29 is 4.79 Å². The normalized spacial score (nSPS) is 22.2. The van der Waals surface area contributed by atoms with Crippen LogP contribution in [0.5, 0.6) is 0 Å². The zero-order valence-corrected chi connectivity index (χ0v) is 8.85. The van der Waals surface area contributed by atoms with Gasteiger partial charge in [-0.25, -0.2) is 0 Å². The molecule has 0 saturated carbocycles. The number of carbonyl (C=O) groups excluding carboxylic acids is 1. The fourth-order valence-corrected chi connectivity index (χ4v) is 1.67. The molecular weight excluding hydrogens is 164 g/mol. The van der Waals surface area contributed by atoms with Crippen LogP contribution in [0.1, 0.15) is 26.7 Å². The van der Waals surface area contributed by atoms with Crippen LogP contribution in [0.2, 0.25) is 0 Å². The van der Waals surface area contributed by atoms with Gasteiger partial charge in [0.1, 0.15) is 5.82 Å². The van der Waals surface area contributed by atoms with E-state index in [1.54, 1.807) is 0 Å². The van der Waals surface area contributed by atoms with Gasteiger partial charge in [0, 0.05) is 19.7 Å². The summed E-state index contributed by atoms with van der Waals surface area (Å²) in [6.45, 7) is 3.98. The fourth-order valence-electron chi connectivity index (χ4n) is 1.67. The van der Waals surface area contributed by atoms with Crippen LogP contribution in [-0.4, -0.2) is 30.8 Å². The van der Waals surface area contributed by atoms with Crippen molar-refractivity contribution >= 4 is 5.78 Å². The molecule has 1 aliphatic rings. The molecule has 1 heterocycles. The summed E-state index contributed by atoms with van der Waals surface area (Å²) < 4.78 is 0. The summed E-state index contributed by atoms with van der Waals surface area (Å²) in [6.07, 6.45) is 1.96. The number of hydrogen-bond donors (Lipinski definition) is 1. The molecule has 0 spiro atoms. The predicted molar refractivity (Wildman–Crippen MR) is 53.2 cm³/mol. The Morgan fingerprint density at radius 2 is 2.08 bits per heavy atom. The lowest BCUT2D eigenvalue weighted by Gasteiger charge is -2.17. The molecular formula is C10H18N2O. The van der Waals surface area contributed by atoms with Crippen molar-refractivity contribution in [3.63, 3.8) is 0 Å². The summed E-state index contributed by atoms with van der Waals surface area (Å²) in [5.41, 5.74) is 0.864. The summed E-state index contributed by atoms with van der Waals surface area (Å²) >= 11 is 0. The zero-order valence-electron chi connectivity index (χ0n) is 8.85. The number of rotatable bonds is 3. The lowest BCUT2D eigenvalue weighted by molar-refractivity contribution is -0.116. The highest BCUT2D eigenvalue weighted by Gasteiger charge is 2.29. The van der Waals surface area contributed by atoms with Crippen LogP contribution in [0, 0.1) is 0 Å². The van der Waals surface area contributed by atoms with E-state index < -0.39 is 0 Å². The lowest BCUT2D eigenvalue weighted by Crippen LogP contribution is -2.32. The van der Waals surface area contributed by atoms with Crippen LogP contribution < -0.4 is 5.32 Å². The molecule has 0 fully saturated rings. The highest BCUT2D eigenvalue weighted by Crippen LogP contribution is 2.18. The quantitative estimate of drug-likeness (QED) is 0.710. The van der Waals surface area contributed by atoms with Crippen molar-refractivity contribution in [3.05, 3.63) is 11.4 Å². The molecule has 1 aliphatic heterocycles. The van der Waals surface area contributed by atoms with E-state index in [0.29, 0.717) is 0 Å². The average Bonchev–Trinajstić information content (AvgIpc) is 2.33. The van der Waals surface area contributed by atoms with Gasteiger partial charge in [-0.05, 0) is 13.3 Å². The van der Waals surface area contributed by atoms with Crippen LogP contribution in [0.4, 0.5) is 0 Å². The summed E-state index contributed by atoms with van der Waals surface area (Å²) in [4.78, 5) is 13.6. The second-order valence-electron chi connectivity index (χ2n) is 3.72. The molecule has 0 aliphatic carbocycles. The van der Waals surface area contributed by atoms with Crippen LogP contribution >= 0.6 is 0 Å². The molecule has 0 bridgehead atoms. The minimum absolute atomic E-state index is 0.0161. The number of nitrogens with one attached hydrogen (secondary N) is 1. The van der Waals surface area contributed by atoms with Crippen LogP contribution in [-0.2, 0) is 4.79 Å². The number of Topliss-reactive ketones (excluding diaryl/α,β-unsaturated/α-hetero) is 1. The van der Waals surface area contributed by atoms with Gasteiger partial charge >= 0.3 is 0 Å². The van der Waals surface area contributed by atoms with Gasteiger partial charge < -0.3 is 10.2 Å². The van der Waals surface area contributed by atoms with Crippen molar-refractivity contribution in [2.24, 2.45) is 0 Å². The Morgan fingerprint density at radius 1 is 1.46 bits per heavy atom. The zero-order chi connectivity index (χ0) is 10.0. The highest BCUT2D eigenvalue weighted by atomic mass is 16.1. The smallest absolute Gasteiger partial charge is 0.184 e. The van der Waals surface area contributed by atoms with Gasteiger partial charge in [-0.2, -0.15) is 0 Å².